The number of hydrogen-bond donors (Lipinski definition) is 2. The van der Waals surface area contributed by atoms with E-state index < -0.39 is 0 Å². The standard InChI is InChI=1S/C21H15FN2O2S2/c22-13-5-8-15(9-6-13)27-12-20(26)23-14-7-10-16(18(25)11-14)21-24-17-3-1-2-4-19(17)28-21/h1-11,25H,12H2,(H,23,26). The average molecular weight is 410 g/mol. The van der Waals surface area contributed by atoms with Gasteiger partial charge in [0.1, 0.15) is 16.6 Å². The Morgan fingerprint density at radius 1 is 1.11 bits per heavy atom. The van der Waals surface area contributed by atoms with Crippen LogP contribution < -0.4 is 5.32 Å². The Morgan fingerprint density at radius 3 is 2.64 bits per heavy atom. The average Bonchev–Trinajstić information content (AvgIpc) is 3.11. The van der Waals surface area contributed by atoms with E-state index in [-0.39, 0.29) is 23.2 Å². The number of thioether (sulfide) groups is 1. The molecular formula is C21H15FN2O2S2. The van der Waals surface area contributed by atoms with Crippen molar-refractivity contribution in [2.24, 2.45) is 0 Å². The third kappa shape index (κ3) is 4.16. The number of amides is 1. The van der Waals surface area contributed by atoms with Crippen molar-refractivity contribution in [3.8, 4) is 16.3 Å². The molecule has 140 valence electrons. The number of carbonyl (C=O) groups excluding carboxylic acids is 1. The highest BCUT2D eigenvalue weighted by Crippen LogP contribution is 2.36. The second kappa shape index (κ2) is 8.00. The molecule has 0 aliphatic carbocycles. The molecule has 3 aromatic carbocycles. The van der Waals surface area contributed by atoms with Gasteiger partial charge >= 0.3 is 0 Å². The van der Waals surface area contributed by atoms with Gasteiger partial charge < -0.3 is 10.4 Å². The maximum absolute atomic E-state index is 12.9. The maximum atomic E-state index is 12.9. The third-order valence-electron chi connectivity index (χ3n) is 3.99. The van der Waals surface area contributed by atoms with Gasteiger partial charge in [-0.25, -0.2) is 9.37 Å². The quantitative estimate of drug-likeness (QED) is 0.424. The zero-order chi connectivity index (χ0) is 19.5. The number of fused-ring (bicyclic) bond motifs is 1. The number of aromatic nitrogens is 1. The second-order valence-corrected chi connectivity index (χ2v) is 8.09. The van der Waals surface area contributed by atoms with Crippen LogP contribution in [0.5, 0.6) is 5.75 Å². The van der Waals surface area contributed by atoms with Crippen LogP contribution in [-0.4, -0.2) is 21.8 Å². The maximum Gasteiger partial charge on any atom is 0.234 e. The molecule has 4 nitrogen and oxygen atoms in total. The number of hydrogen-bond acceptors (Lipinski definition) is 5. The van der Waals surface area contributed by atoms with Crippen molar-refractivity contribution in [1.82, 2.24) is 4.98 Å². The van der Waals surface area contributed by atoms with Crippen LogP contribution in [0.2, 0.25) is 0 Å². The van der Waals surface area contributed by atoms with E-state index in [0.29, 0.717) is 11.3 Å². The number of aromatic hydroxyl groups is 1. The van der Waals surface area contributed by atoms with Gasteiger partial charge in [0, 0.05) is 16.6 Å². The summed E-state index contributed by atoms with van der Waals surface area (Å²) in [6, 6.07) is 18.8. The molecule has 0 saturated carbocycles. The molecule has 0 atom stereocenters. The first-order chi connectivity index (χ1) is 13.6. The van der Waals surface area contributed by atoms with E-state index in [4.69, 9.17) is 0 Å². The van der Waals surface area contributed by atoms with Crippen LogP contribution in [0.3, 0.4) is 0 Å². The SMILES string of the molecule is O=C(CSc1ccc(F)cc1)Nc1ccc(-c2nc3ccccc3s2)c(O)c1. The molecule has 0 radical (unpaired) electrons. The summed E-state index contributed by atoms with van der Waals surface area (Å²) in [5.41, 5.74) is 2.02. The summed E-state index contributed by atoms with van der Waals surface area (Å²) in [6.07, 6.45) is 0. The number of thiazole rings is 1. The van der Waals surface area contributed by atoms with E-state index in [1.807, 2.05) is 24.3 Å². The fourth-order valence-corrected chi connectivity index (χ4v) is 4.35. The summed E-state index contributed by atoms with van der Waals surface area (Å²) in [4.78, 5) is 17.5. The van der Waals surface area contributed by atoms with Crippen LogP contribution >= 0.6 is 23.1 Å². The number of nitrogens with one attached hydrogen (secondary N) is 1. The number of nitrogens with zero attached hydrogens (tertiary/aromatic N) is 1. The van der Waals surface area contributed by atoms with Crippen molar-refractivity contribution in [3.05, 3.63) is 72.5 Å². The molecule has 7 heteroatoms. The van der Waals surface area contributed by atoms with E-state index in [9.17, 15) is 14.3 Å². The zero-order valence-electron chi connectivity index (χ0n) is 14.6. The molecule has 4 aromatic rings. The summed E-state index contributed by atoms with van der Waals surface area (Å²) in [6.45, 7) is 0. The highest BCUT2D eigenvalue weighted by atomic mass is 32.2. The Hall–Kier alpha value is -2.90. The van der Waals surface area contributed by atoms with Gasteiger partial charge in [-0.2, -0.15) is 0 Å². The van der Waals surface area contributed by atoms with Gasteiger partial charge in [0.15, 0.2) is 0 Å². The molecule has 0 spiro atoms. The van der Waals surface area contributed by atoms with E-state index in [1.54, 1.807) is 24.3 Å². The van der Waals surface area contributed by atoms with E-state index in [0.717, 1.165) is 20.1 Å². The number of phenolic OH excluding ortho intramolecular Hbond substituents is 1. The van der Waals surface area contributed by atoms with Crippen molar-refractivity contribution in [3.63, 3.8) is 0 Å². The fraction of sp³-hybridized carbons (Fsp3) is 0.0476. The molecule has 0 aliphatic heterocycles. The molecule has 0 saturated heterocycles. The molecule has 0 bridgehead atoms. The van der Waals surface area contributed by atoms with Gasteiger partial charge in [-0.15, -0.1) is 23.1 Å². The highest BCUT2D eigenvalue weighted by molar-refractivity contribution is 8.00. The fourth-order valence-electron chi connectivity index (χ4n) is 2.65. The molecule has 4 rings (SSSR count). The summed E-state index contributed by atoms with van der Waals surface area (Å²) in [5, 5.41) is 13.9. The lowest BCUT2D eigenvalue weighted by Crippen LogP contribution is -2.13. The number of halogens is 1. The highest BCUT2D eigenvalue weighted by Gasteiger charge is 2.12. The van der Waals surface area contributed by atoms with Gasteiger partial charge in [0.25, 0.3) is 0 Å². The van der Waals surface area contributed by atoms with Gasteiger partial charge in [-0.1, -0.05) is 12.1 Å². The van der Waals surface area contributed by atoms with Gasteiger partial charge in [-0.05, 0) is 48.5 Å². The Bertz CT molecular complexity index is 1110. The van der Waals surface area contributed by atoms with Crippen molar-refractivity contribution in [2.45, 2.75) is 4.90 Å². The monoisotopic (exact) mass is 410 g/mol. The summed E-state index contributed by atoms with van der Waals surface area (Å²) in [5.74, 6) is -0.270. The Balaban J connectivity index is 1.43. The molecule has 1 amide bonds. The molecule has 0 unspecified atom stereocenters. The van der Waals surface area contributed by atoms with Crippen LogP contribution in [-0.2, 0) is 4.79 Å². The molecule has 2 N–H and O–H groups in total. The van der Waals surface area contributed by atoms with Crippen molar-refractivity contribution in [1.29, 1.82) is 0 Å². The third-order valence-corrected chi connectivity index (χ3v) is 6.07. The van der Waals surface area contributed by atoms with Crippen LogP contribution in [0.25, 0.3) is 20.8 Å². The molecule has 1 heterocycles. The minimum absolute atomic E-state index is 0.0584. The number of rotatable bonds is 5. The second-order valence-electron chi connectivity index (χ2n) is 6.01. The summed E-state index contributed by atoms with van der Waals surface area (Å²) >= 11 is 2.82. The number of benzene rings is 3. The van der Waals surface area contributed by atoms with Gasteiger partial charge in [0.05, 0.1) is 21.5 Å². The van der Waals surface area contributed by atoms with Crippen LogP contribution in [0.15, 0.2) is 71.6 Å². The lowest BCUT2D eigenvalue weighted by Gasteiger charge is -2.08. The van der Waals surface area contributed by atoms with E-state index in [1.165, 1.54) is 41.3 Å². The van der Waals surface area contributed by atoms with Crippen LogP contribution in [0, 0.1) is 5.82 Å². The van der Waals surface area contributed by atoms with Crippen molar-refractivity contribution >= 4 is 44.9 Å². The number of phenols is 1. The molecular weight excluding hydrogens is 395 g/mol. The summed E-state index contributed by atoms with van der Waals surface area (Å²) in [7, 11) is 0. The van der Waals surface area contributed by atoms with Gasteiger partial charge in [0.2, 0.25) is 5.91 Å². The smallest absolute Gasteiger partial charge is 0.234 e. The summed E-state index contributed by atoms with van der Waals surface area (Å²) < 4.78 is 14.0. The number of para-hydroxylation sites is 1. The first-order valence-corrected chi connectivity index (χ1v) is 10.3. The lowest BCUT2D eigenvalue weighted by molar-refractivity contribution is -0.113. The Morgan fingerprint density at radius 2 is 1.89 bits per heavy atom. The van der Waals surface area contributed by atoms with Crippen LogP contribution in [0.4, 0.5) is 10.1 Å². The number of carbonyl (C=O) groups is 1. The van der Waals surface area contributed by atoms with Crippen LogP contribution in [0.1, 0.15) is 0 Å². The Labute approximate surface area is 169 Å². The zero-order valence-corrected chi connectivity index (χ0v) is 16.2. The molecule has 1 aromatic heterocycles. The predicted molar refractivity (Wildman–Crippen MR) is 112 cm³/mol. The minimum Gasteiger partial charge on any atom is -0.507 e. The first kappa shape index (κ1) is 18.5. The first-order valence-electron chi connectivity index (χ1n) is 8.46. The Kier molecular flexibility index (Phi) is 5.27. The predicted octanol–water partition coefficient (Wildman–Crippen LogP) is 5.54. The molecule has 0 aliphatic rings. The molecule has 0 fully saturated rings. The van der Waals surface area contributed by atoms with E-state index >= 15 is 0 Å². The van der Waals surface area contributed by atoms with Crippen molar-refractivity contribution < 1.29 is 14.3 Å². The van der Waals surface area contributed by atoms with Crippen molar-refractivity contribution in [2.75, 3.05) is 11.1 Å². The lowest BCUT2D eigenvalue weighted by atomic mass is 10.2. The van der Waals surface area contributed by atoms with Gasteiger partial charge in [-0.3, -0.25) is 4.79 Å². The largest absolute Gasteiger partial charge is 0.507 e. The number of anilines is 1. The molecule has 28 heavy (non-hydrogen) atoms. The van der Waals surface area contributed by atoms with E-state index in [2.05, 4.69) is 10.3 Å². The topological polar surface area (TPSA) is 62.2 Å². The normalized spacial score (nSPS) is 10.9. The minimum atomic E-state index is -0.308.